The largest absolute Gasteiger partial charge is 0.481 e. The number of anilines is 1. The van der Waals surface area contributed by atoms with Crippen molar-refractivity contribution in [2.45, 2.75) is 71.1 Å². The molecule has 1 aliphatic rings. The fraction of sp³-hybridized carbons (Fsp3) is 0.462. The fourth-order valence-corrected chi connectivity index (χ4v) is 5.46. The summed E-state index contributed by atoms with van der Waals surface area (Å²) in [6.07, 6.45) is 3.23. The Morgan fingerprint density at radius 3 is 2.74 bits per heavy atom. The van der Waals surface area contributed by atoms with Crippen LogP contribution in [0.1, 0.15) is 79.6 Å². The van der Waals surface area contributed by atoms with Crippen LogP contribution in [-0.4, -0.2) is 27.1 Å². The van der Waals surface area contributed by atoms with Gasteiger partial charge in [0.05, 0.1) is 21.4 Å². The molecule has 1 amide bonds. The molecule has 3 aromatic rings. The maximum Gasteiger partial charge on any atom is 0.303 e. The van der Waals surface area contributed by atoms with Crippen LogP contribution in [-0.2, 0) is 16.0 Å². The number of aliphatic carboxylic acids is 1. The Hall–Kier alpha value is -2.71. The van der Waals surface area contributed by atoms with Crippen molar-refractivity contribution < 1.29 is 19.2 Å². The van der Waals surface area contributed by atoms with E-state index in [1.165, 1.54) is 0 Å². The Balaban J connectivity index is 1.60. The summed E-state index contributed by atoms with van der Waals surface area (Å²) in [5.74, 6) is -0.100. The van der Waals surface area contributed by atoms with Gasteiger partial charge >= 0.3 is 5.97 Å². The first-order chi connectivity index (χ1) is 16.7. The zero-order valence-electron chi connectivity index (χ0n) is 20.1. The molecule has 4 rings (SSSR count). The van der Waals surface area contributed by atoms with E-state index in [4.69, 9.17) is 21.1 Å². The van der Waals surface area contributed by atoms with Gasteiger partial charge in [-0.05, 0) is 55.7 Å². The molecule has 7 nitrogen and oxygen atoms in total. The van der Waals surface area contributed by atoms with Gasteiger partial charge in [0.2, 0.25) is 5.91 Å². The number of aromatic nitrogens is 2. The number of rotatable bonds is 11. The van der Waals surface area contributed by atoms with Crippen LogP contribution in [0.3, 0.4) is 0 Å². The molecule has 0 saturated heterocycles. The summed E-state index contributed by atoms with van der Waals surface area (Å²) in [6.45, 7) is 6.24. The van der Waals surface area contributed by atoms with Crippen molar-refractivity contribution in [2.75, 3.05) is 5.32 Å². The Morgan fingerprint density at radius 1 is 1.31 bits per heavy atom. The van der Waals surface area contributed by atoms with Gasteiger partial charge in [-0.3, -0.25) is 9.59 Å². The van der Waals surface area contributed by atoms with Crippen LogP contribution in [0.25, 0.3) is 11.5 Å². The minimum Gasteiger partial charge on any atom is -0.481 e. The summed E-state index contributed by atoms with van der Waals surface area (Å²) in [4.78, 5) is 29.1. The predicted octanol–water partition coefficient (Wildman–Crippen LogP) is 6.81. The molecule has 2 heterocycles. The Kier molecular flexibility index (Phi) is 7.91. The number of aryl methyl sites for hydroxylation is 1. The zero-order valence-corrected chi connectivity index (χ0v) is 21.7. The second kappa shape index (κ2) is 10.9. The molecule has 0 bridgehead atoms. The van der Waals surface area contributed by atoms with Crippen molar-refractivity contribution >= 4 is 40.5 Å². The molecular weight excluding hydrogens is 486 g/mol. The first kappa shape index (κ1) is 25.4. The van der Waals surface area contributed by atoms with Crippen molar-refractivity contribution in [3.05, 3.63) is 50.4 Å². The minimum atomic E-state index is -0.911. The summed E-state index contributed by atoms with van der Waals surface area (Å²) < 4.78 is 5.82. The molecule has 1 saturated carbocycles. The number of carboxylic acids is 1. The third kappa shape index (κ3) is 6.49. The maximum absolute atomic E-state index is 13.0. The number of nitrogens with one attached hydrogen (secondary N) is 1. The van der Waals surface area contributed by atoms with Crippen molar-refractivity contribution in [1.82, 2.24) is 10.1 Å². The number of hydrogen-bond donors (Lipinski definition) is 2. The van der Waals surface area contributed by atoms with Crippen LogP contribution in [0.2, 0.25) is 5.02 Å². The number of amides is 1. The van der Waals surface area contributed by atoms with E-state index in [-0.39, 0.29) is 25.2 Å². The van der Waals surface area contributed by atoms with E-state index in [1.807, 2.05) is 18.4 Å². The Labute approximate surface area is 213 Å². The lowest BCUT2D eigenvalue weighted by atomic mass is 9.90. The van der Waals surface area contributed by atoms with Crippen LogP contribution in [0.4, 0.5) is 5.69 Å². The Bertz CT molecular complexity index is 1220. The van der Waals surface area contributed by atoms with Crippen LogP contribution in [0.15, 0.2) is 28.1 Å². The van der Waals surface area contributed by atoms with Gasteiger partial charge < -0.3 is 14.9 Å². The van der Waals surface area contributed by atoms with Gasteiger partial charge in [-0.25, -0.2) is 4.98 Å². The van der Waals surface area contributed by atoms with Crippen LogP contribution < -0.4 is 5.32 Å². The van der Waals surface area contributed by atoms with E-state index in [1.54, 1.807) is 23.5 Å². The molecule has 1 fully saturated rings. The highest BCUT2D eigenvalue weighted by Crippen LogP contribution is 2.49. The SMILES string of the molecule is Cc1ccc(NC(=O)C[C@H](CCC(=O)O)c2noc(-c3csc(CC(C)C)n3)c2C2CC2)c(Cl)c1. The Morgan fingerprint density at radius 2 is 2.09 bits per heavy atom. The summed E-state index contributed by atoms with van der Waals surface area (Å²) in [5, 5.41) is 20.1. The molecule has 0 spiro atoms. The third-order valence-corrected chi connectivity index (χ3v) is 7.22. The molecule has 1 aromatic carbocycles. The number of carbonyl (C=O) groups excluding carboxylic acids is 1. The molecular formula is C26H30ClN3O4S. The second-order valence-electron chi connectivity index (χ2n) is 9.67. The average Bonchev–Trinajstić information content (AvgIpc) is 3.36. The maximum atomic E-state index is 13.0. The number of carboxylic acid groups (broad SMARTS) is 1. The molecule has 0 aliphatic heterocycles. The lowest BCUT2D eigenvalue weighted by molar-refractivity contribution is -0.137. The summed E-state index contributed by atoms with van der Waals surface area (Å²) in [7, 11) is 0. The summed E-state index contributed by atoms with van der Waals surface area (Å²) in [6, 6.07) is 5.43. The van der Waals surface area contributed by atoms with Crippen LogP contribution >= 0.6 is 22.9 Å². The van der Waals surface area contributed by atoms with Gasteiger partial charge in [-0.2, -0.15) is 0 Å². The highest BCUT2D eigenvalue weighted by atomic mass is 35.5. The van der Waals surface area contributed by atoms with E-state index in [9.17, 15) is 14.7 Å². The van der Waals surface area contributed by atoms with E-state index in [2.05, 4.69) is 24.3 Å². The lowest BCUT2D eigenvalue weighted by Gasteiger charge is -2.16. The monoisotopic (exact) mass is 515 g/mol. The van der Waals surface area contributed by atoms with Crippen molar-refractivity contribution in [3.63, 3.8) is 0 Å². The van der Waals surface area contributed by atoms with Gasteiger partial charge in [0, 0.05) is 36.1 Å². The van der Waals surface area contributed by atoms with Crippen molar-refractivity contribution in [2.24, 2.45) is 5.92 Å². The standard InChI is InChI=1S/C26H30ClN3O4S/c1-14(2)10-22-29-20(13-35-22)26-24(16-5-6-16)25(30-34-26)17(7-9-23(32)33)12-21(31)28-19-8-4-15(3)11-18(19)27/h4,8,11,13-14,16-17H,5-7,9-10,12H2,1-3H3,(H,28,31)(H,32,33)/t17-/m0/s1. The molecule has 0 radical (unpaired) electrons. The minimum absolute atomic E-state index is 0.0647. The normalized spacial score (nSPS) is 14.3. The molecule has 1 aliphatic carbocycles. The average molecular weight is 516 g/mol. The molecule has 2 N–H and O–H groups in total. The molecule has 0 unspecified atom stereocenters. The van der Waals surface area contributed by atoms with Gasteiger partial charge in [0.1, 0.15) is 5.69 Å². The van der Waals surface area contributed by atoms with E-state index >= 15 is 0 Å². The summed E-state index contributed by atoms with van der Waals surface area (Å²) >= 11 is 7.89. The highest BCUT2D eigenvalue weighted by molar-refractivity contribution is 7.09. The molecule has 2 aromatic heterocycles. The van der Waals surface area contributed by atoms with Crippen molar-refractivity contribution in [1.29, 1.82) is 0 Å². The number of halogens is 1. The summed E-state index contributed by atoms with van der Waals surface area (Å²) in [5.41, 5.74) is 3.94. The zero-order chi connectivity index (χ0) is 25.1. The van der Waals surface area contributed by atoms with Gasteiger partial charge in [0.15, 0.2) is 5.76 Å². The second-order valence-corrected chi connectivity index (χ2v) is 11.0. The fourth-order valence-electron chi connectivity index (χ4n) is 4.19. The van der Waals surface area contributed by atoms with E-state index in [0.29, 0.717) is 34.0 Å². The van der Waals surface area contributed by atoms with Gasteiger partial charge in [-0.15, -0.1) is 11.3 Å². The molecule has 9 heteroatoms. The molecule has 1 atom stereocenters. The third-order valence-electron chi connectivity index (χ3n) is 6.03. The van der Waals surface area contributed by atoms with Crippen LogP contribution in [0.5, 0.6) is 0 Å². The quantitative estimate of drug-likeness (QED) is 0.290. The number of carbonyl (C=O) groups is 2. The smallest absolute Gasteiger partial charge is 0.303 e. The highest BCUT2D eigenvalue weighted by Gasteiger charge is 2.37. The number of benzene rings is 1. The number of nitrogens with zero attached hydrogens (tertiary/aromatic N) is 2. The first-order valence-corrected chi connectivity index (χ1v) is 13.2. The van der Waals surface area contributed by atoms with Crippen LogP contribution in [0, 0.1) is 12.8 Å². The number of hydrogen-bond acceptors (Lipinski definition) is 6. The van der Waals surface area contributed by atoms with Gasteiger partial charge in [-0.1, -0.05) is 36.7 Å². The molecule has 35 heavy (non-hydrogen) atoms. The first-order valence-electron chi connectivity index (χ1n) is 11.9. The van der Waals surface area contributed by atoms with E-state index in [0.717, 1.165) is 41.1 Å². The topological polar surface area (TPSA) is 105 Å². The van der Waals surface area contributed by atoms with Crippen molar-refractivity contribution in [3.8, 4) is 11.5 Å². The number of thiazole rings is 1. The van der Waals surface area contributed by atoms with Gasteiger partial charge in [0.25, 0.3) is 0 Å². The lowest BCUT2D eigenvalue weighted by Crippen LogP contribution is -2.17. The molecule has 186 valence electrons. The predicted molar refractivity (Wildman–Crippen MR) is 137 cm³/mol. The van der Waals surface area contributed by atoms with E-state index < -0.39 is 11.9 Å².